The van der Waals surface area contributed by atoms with Gasteiger partial charge in [0.1, 0.15) is 5.75 Å². The molecular weight excluding hydrogens is 346 g/mol. The van der Waals surface area contributed by atoms with Crippen molar-refractivity contribution in [3.05, 3.63) is 82.0 Å². The molecule has 0 saturated heterocycles. The van der Waals surface area contributed by atoms with Crippen LogP contribution in [0.1, 0.15) is 20.8 Å². The number of carbonyl (C=O) groups excluding carboxylic acids is 1. The molecule has 0 N–H and O–H groups in total. The number of rotatable bonds is 7. The number of ether oxygens (including phenoxy) is 2. The van der Waals surface area contributed by atoms with Gasteiger partial charge in [-0.05, 0) is 53.4 Å². The molecule has 3 rings (SSSR count). The zero-order valence-corrected chi connectivity index (χ0v) is 15.7. The lowest BCUT2D eigenvalue weighted by Gasteiger charge is -2.23. The Hall–Kier alpha value is -2.63. The molecule has 1 aromatic heterocycles. The van der Waals surface area contributed by atoms with E-state index in [0.717, 1.165) is 21.9 Å². The number of anilines is 1. The number of hydrogen-bond donors (Lipinski definition) is 0. The summed E-state index contributed by atoms with van der Waals surface area (Å²) in [7, 11) is 3.28. The summed E-state index contributed by atoms with van der Waals surface area (Å²) in [5, 5.41) is 2.02. The molecule has 0 spiro atoms. The van der Waals surface area contributed by atoms with Crippen LogP contribution in [0.3, 0.4) is 0 Å². The van der Waals surface area contributed by atoms with Crippen molar-refractivity contribution >= 4 is 22.9 Å². The molecule has 5 heteroatoms. The lowest BCUT2D eigenvalue weighted by atomic mass is 10.1. The minimum Gasteiger partial charge on any atom is -0.497 e. The predicted molar refractivity (Wildman–Crippen MR) is 105 cm³/mol. The fourth-order valence-electron chi connectivity index (χ4n) is 2.72. The number of benzene rings is 2. The van der Waals surface area contributed by atoms with E-state index in [1.807, 2.05) is 66.0 Å². The Morgan fingerprint density at radius 3 is 2.50 bits per heavy atom. The summed E-state index contributed by atoms with van der Waals surface area (Å²) in [6.07, 6.45) is 0. The Bertz CT molecular complexity index is 844. The summed E-state index contributed by atoms with van der Waals surface area (Å²) in [6, 6.07) is 19.1. The second kappa shape index (κ2) is 8.65. The van der Waals surface area contributed by atoms with Gasteiger partial charge in [0, 0.05) is 23.2 Å². The topological polar surface area (TPSA) is 38.8 Å². The second-order valence-corrected chi connectivity index (χ2v) is 6.83. The Kier molecular flexibility index (Phi) is 6.04. The summed E-state index contributed by atoms with van der Waals surface area (Å²) < 4.78 is 10.4. The van der Waals surface area contributed by atoms with Crippen LogP contribution < -0.4 is 9.64 Å². The minimum absolute atomic E-state index is 0.0403. The maximum atomic E-state index is 13.2. The van der Waals surface area contributed by atoms with Crippen molar-refractivity contribution in [1.29, 1.82) is 0 Å². The van der Waals surface area contributed by atoms with E-state index in [1.165, 1.54) is 0 Å². The Morgan fingerprint density at radius 1 is 1.04 bits per heavy atom. The molecule has 0 fully saturated rings. The highest BCUT2D eigenvalue weighted by Crippen LogP contribution is 2.25. The molecule has 1 heterocycles. The number of hydrogen-bond acceptors (Lipinski definition) is 4. The molecule has 134 valence electrons. The van der Waals surface area contributed by atoms with Crippen LogP contribution >= 0.6 is 11.3 Å². The van der Waals surface area contributed by atoms with Crippen molar-refractivity contribution in [1.82, 2.24) is 0 Å². The third-order valence-corrected chi connectivity index (χ3v) is 4.87. The van der Waals surface area contributed by atoms with Crippen molar-refractivity contribution in [3.63, 3.8) is 0 Å². The third-order valence-electron chi connectivity index (χ3n) is 4.01. The monoisotopic (exact) mass is 367 g/mol. The number of thiophene rings is 1. The van der Waals surface area contributed by atoms with Crippen LogP contribution in [0.5, 0.6) is 5.75 Å². The summed E-state index contributed by atoms with van der Waals surface area (Å²) in [5.41, 5.74) is 2.46. The fourth-order valence-corrected chi connectivity index (χ4v) is 3.41. The zero-order valence-electron chi connectivity index (χ0n) is 14.8. The van der Waals surface area contributed by atoms with Gasteiger partial charge in [-0.25, -0.2) is 0 Å². The normalized spacial score (nSPS) is 10.5. The van der Waals surface area contributed by atoms with Crippen molar-refractivity contribution in [2.24, 2.45) is 0 Å². The van der Waals surface area contributed by atoms with Crippen LogP contribution in [-0.4, -0.2) is 20.1 Å². The molecule has 0 radical (unpaired) electrons. The minimum atomic E-state index is -0.0403. The molecule has 26 heavy (non-hydrogen) atoms. The quantitative estimate of drug-likeness (QED) is 0.605. The summed E-state index contributed by atoms with van der Waals surface area (Å²) >= 11 is 1.64. The van der Waals surface area contributed by atoms with Gasteiger partial charge in [-0.1, -0.05) is 18.2 Å². The molecule has 0 saturated carbocycles. The number of nitrogens with zero attached hydrogens (tertiary/aromatic N) is 1. The average Bonchev–Trinajstić information content (AvgIpc) is 3.19. The van der Waals surface area contributed by atoms with Gasteiger partial charge < -0.3 is 14.4 Å². The second-order valence-electron chi connectivity index (χ2n) is 5.80. The van der Waals surface area contributed by atoms with Crippen LogP contribution in [-0.2, 0) is 17.9 Å². The summed E-state index contributed by atoms with van der Waals surface area (Å²) in [5.74, 6) is 0.723. The molecule has 0 aliphatic heterocycles. The van der Waals surface area contributed by atoms with Crippen molar-refractivity contribution < 1.29 is 14.3 Å². The number of methoxy groups -OCH3 is 2. The Morgan fingerprint density at radius 2 is 1.85 bits per heavy atom. The van der Waals surface area contributed by atoms with Gasteiger partial charge in [0.05, 0.1) is 20.3 Å². The average molecular weight is 367 g/mol. The van der Waals surface area contributed by atoms with Crippen LogP contribution in [0, 0.1) is 0 Å². The molecule has 0 atom stereocenters. The lowest BCUT2D eigenvalue weighted by Crippen LogP contribution is -2.30. The highest BCUT2D eigenvalue weighted by atomic mass is 32.1. The van der Waals surface area contributed by atoms with Crippen molar-refractivity contribution in [2.75, 3.05) is 19.1 Å². The molecule has 4 nitrogen and oxygen atoms in total. The standard InChI is InChI=1S/C21H21NO3S/c1-24-15-16-5-3-6-17(13-16)21(23)22(14-20-7-4-12-26-20)18-8-10-19(25-2)11-9-18/h3-13H,14-15H2,1-2H3. The van der Waals surface area contributed by atoms with Gasteiger partial charge in [0.15, 0.2) is 0 Å². The van der Waals surface area contributed by atoms with Crippen molar-refractivity contribution in [3.8, 4) is 5.75 Å². The van der Waals surface area contributed by atoms with Gasteiger partial charge in [0.25, 0.3) is 5.91 Å². The highest BCUT2D eigenvalue weighted by molar-refractivity contribution is 7.09. The van der Waals surface area contributed by atoms with Gasteiger partial charge in [-0.3, -0.25) is 4.79 Å². The van der Waals surface area contributed by atoms with Crippen LogP contribution in [0.15, 0.2) is 66.0 Å². The van der Waals surface area contributed by atoms with E-state index in [1.54, 1.807) is 30.5 Å². The van der Waals surface area contributed by atoms with E-state index in [4.69, 9.17) is 9.47 Å². The van der Waals surface area contributed by atoms with Crippen molar-refractivity contribution in [2.45, 2.75) is 13.2 Å². The molecular formula is C21H21NO3S. The molecule has 0 aliphatic carbocycles. The third kappa shape index (κ3) is 4.31. The van der Waals surface area contributed by atoms with Gasteiger partial charge in [-0.2, -0.15) is 0 Å². The smallest absolute Gasteiger partial charge is 0.258 e. The molecule has 0 bridgehead atoms. The van der Waals surface area contributed by atoms with E-state index in [0.29, 0.717) is 18.7 Å². The zero-order chi connectivity index (χ0) is 18.4. The first-order valence-electron chi connectivity index (χ1n) is 8.27. The molecule has 1 amide bonds. The first-order chi connectivity index (χ1) is 12.7. The Balaban J connectivity index is 1.93. The van der Waals surface area contributed by atoms with E-state index in [9.17, 15) is 4.79 Å². The van der Waals surface area contributed by atoms with E-state index in [-0.39, 0.29) is 5.91 Å². The van der Waals surface area contributed by atoms with Crippen LogP contribution in [0.4, 0.5) is 5.69 Å². The first kappa shape index (κ1) is 18.2. The molecule has 3 aromatic rings. The van der Waals surface area contributed by atoms with E-state index < -0.39 is 0 Å². The maximum absolute atomic E-state index is 13.2. The lowest BCUT2D eigenvalue weighted by molar-refractivity contribution is 0.0985. The van der Waals surface area contributed by atoms with E-state index >= 15 is 0 Å². The largest absolute Gasteiger partial charge is 0.497 e. The first-order valence-corrected chi connectivity index (χ1v) is 9.15. The molecule has 0 unspecified atom stereocenters. The highest BCUT2D eigenvalue weighted by Gasteiger charge is 2.19. The fraction of sp³-hybridized carbons (Fsp3) is 0.190. The SMILES string of the molecule is COCc1cccc(C(=O)N(Cc2cccs2)c2ccc(OC)cc2)c1. The van der Waals surface area contributed by atoms with Gasteiger partial charge in [0.2, 0.25) is 0 Å². The van der Waals surface area contributed by atoms with Gasteiger partial charge in [-0.15, -0.1) is 11.3 Å². The number of carbonyl (C=O) groups is 1. The van der Waals surface area contributed by atoms with Gasteiger partial charge >= 0.3 is 0 Å². The maximum Gasteiger partial charge on any atom is 0.258 e. The molecule has 0 aliphatic rings. The summed E-state index contributed by atoms with van der Waals surface area (Å²) in [6.45, 7) is 1.01. The van der Waals surface area contributed by atoms with Crippen LogP contribution in [0.2, 0.25) is 0 Å². The van der Waals surface area contributed by atoms with Crippen LogP contribution in [0.25, 0.3) is 0 Å². The van der Waals surface area contributed by atoms with E-state index in [2.05, 4.69) is 0 Å². The predicted octanol–water partition coefficient (Wildman–Crippen LogP) is 4.75. The molecule has 2 aromatic carbocycles. The Labute approximate surface area is 157 Å². The summed E-state index contributed by atoms with van der Waals surface area (Å²) in [4.78, 5) is 16.2. The number of amides is 1.